The van der Waals surface area contributed by atoms with Crippen molar-refractivity contribution in [1.29, 1.82) is 0 Å². The van der Waals surface area contributed by atoms with Crippen LogP contribution in [-0.4, -0.2) is 22.0 Å². The van der Waals surface area contributed by atoms with Gasteiger partial charge in [0, 0.05) is 18.0 Å². The van der Waals surface area contributed by atoms with Crippen molar-refractivity contribution in [2.24, 2.45) is 5.92 Å². The predicted octanol–water partition coefficient (Wildman–Crippen LogP) is 8.48. The fourth-order valence-electron chi connectivity index (χ4n) is 5.00. The van der Waals surface area contributed by atoms with Crippen LogP contribution in [0.2, 0.25) is 0 Å². The highest BCUT2D eigenvalue weighted by atomic mass is 19.1. The standard InChI is InChI=1S/C30H43FN2O2/c1-3-5-7-8-9-11-12-23-14-17-26(18-15-23)35-30(34)27-19-16-25(20-28(27)31)29-32-21-24(22-33-29)13-10-6-4-2/h16,19-23,26H,3-15,17-18H2,1-2H3/t23-,26-. The van der Waals surface area contributed by atoms with Crippen LogP contribution in [0.15, 0.2) is 30.6 Å². The van der Waals surface area contributed by atoms with E-state index in [1.807, 2.05) is 0 Å². The number of benzene rings is 1. The largest absolute Gasteiger partial charge is 0.459 e. The molecule has 35 heavy (non-hydrogen) atoms. The first kappa shape index (κ1) is 27.3. The van der Waals surface area contributed by atoms with Crippen LogP contribution in [0.25, 0.3) is 11.4 Å². The lowest BCUT2D eigenvalue weighted by molar-refractivity contribution is 0.0156. The van der Waals surface area contributed by atoms with Crippen LogP contribution < -0.4 is 0 Å². The molecule has 1 heterocycles. The lowest BCUT2D eigenvalue weighted by atomic mass is 9.84. The summed E-state index contributed by atoms with van der Waals surface area (Å²) >= 11 is 0. The molecule has 0 spiro atoms. The minimum absolute atomic E-state index is 0.0147. The van der Waals surface area contributed by atoms with Crippen molar-refractivity contribution < 1.29 is 13.9 Å². The summed E-state index contributed by atoms with van der Waals surface area (Å²) in [6, 6.07) is 4.53. The van der Waals surface area contributed by atoms with Crippen molar-refractivity contribution in [2.45, 2.75) is 116 Å². The number of unbranched alkanes of at least 4 members (excludes halogenated alkanes) is 7. The van der Waals surface area contributed by atoms with Gasteiger partial charge in [0.05, 0.1) is 5.56 Å². The molecule has 1 saturated carbocycles. The van der Waals surface area contributed by atoms with E-state index in [1.54, 1.807) is 18.5 Å². The molecule has 1 aliphatic carbocycles. The monoisotopic (exact) mass is 482 g/mol. The van der Waals surface area contributed by atoms with Gasteiger partial charge in [0.2, 0.25) is 0 Å². The molecule has 0 unspecified atom stereocenters. The van der Waals surface area contributed by atoms with Gasteiger partial charge in [0.25, 0.3) is 0 Å². The van der Waals surface area contributed by atoms with E-state index in [0.29, 0.717) is 11.4 Å². The third-order valence-corrected chi connectivity index (χ3v) is 7.25. The van der Waals surface area contributed by atoms with Crippen molar-refractivity contribution in [3.05, 3.63) is 47.5 Å². The van der Waals surface area contributed by atoms with Gasteiger partial charge in [0.1, 0.15) is 11.9 Å². The maximum Gasteiger partial charge on any atom is 0.341 e. The number of halogens is 1. The number of hydrogen-bond donors (Lipinski definition) is 0. The van der Waals surface area contributed by atoms with E-state index in [2.05, 4.69) is 23.8 Å². The first-order valence-corrected chi connectivity index (χ1v) is 13.9. The molecule has 0 atom stereocenters. The zero-order valence-corrected chi connectivity index (χ0v) is 21.7. The van der Waals surface area contributed by atoms with E-state index in [-0.39, 0.29) is 11.7 Å². The molecule has 0 amide bonds. The lowest BCUT2D eigenvalue weighted by Gasteiger charge is -2.28. The smallest absolute Gasteiger partial charge is 0.341 e. The van der Waals surface area contributed by atoms with Crippen molar-refractivity contribution in [2.75, 3.05) is 0 Å². The Morgan fingerprint density at radius 2 is 1.57 bits per heavy atom. The Labute approximate surface area is 211 Å². The first-order chi connectivity index (χ1) is 17.1. The minimum atomic E-state index is -0.583. The summed E-state index contributed by atoms with van der Waals surface area (Å²) in [6.07, 6.45) is 21.2. The van der Waals surface area contributed by atoms with Crippen LogP contribution >= 0.6 is 0 Å². The number of nitrogens with zero attached hydrogens (tertiary/aromatic N) is 2. The van der Waals surface area contributed by atoms with Gasteiger partial charge in [-0.2, -0.15) is 0 Å². The second-order valence-electron chi connectivity index (χ2n) is 10.2. The van der Waals surface area contributed by atoms with Crippen LogP contribution in [-0.2, 0) is 11.2 Å². The summed E-state index contributed by atoms with van der Waals surface area (Å²) in [4.78, 5) is 21.4. The van der Waals surface area contributed by atoms with Gasteiger partial charge >= 0.3 is 5.97 Å². The maximum atomic E-state index is 14.8. The summed E-state index contributed by atoms with van der Waals surface area (Å²) < 4.78 is 20.5. The van der Waals surface area contributed by atoms with Crippen LogP contribution in [0.1, 0.15) is 120 Å². The number of carbonyl (C=O) groups is 1. The number of carbonyl (C=O) groups excluding carboxylic acids is 1. The van der Waals surface area contributed by atoms with Crippen molar-refractivity contribution >= 4 is 5.97 Å². The highest BCUT2D eigenvalue weighted by molar-refractivity contribution is 5.90. The van der Waals surface area contributed by atoms with Gasteiger partial charge in [-0.1, -0.05) is 77.7 Å². The average molecular weight is 483 g/mol. The molecule has 192 valence electrons. The van der Waals surface area contributed by atoms with Crippen molar-refractivity contribution in [3.8, 4) is 11.4 Å². The SMILES string of the molecule is CCCCCCCC[C@H]1CC[C@H](OC(=O)c2ccc(-c3ncc(CCCCC)cn3)cc2F)CC1. The topological polar surface area (TPSA) is 52.1 Å². The van der Waals surface area contributed by atoms with E-state index in [0.717, 1.165) is 50.0 Å². The first-order valence-electron chi connectivity index (χ1n) is 13.9. The molecular formula is C30H43FN2O2. The van der Waals surface area contributed by atoms with Crippen LogP contribution in [0.5, 0.6) is 0 Å². The summed E-state index contributed by atoms with van der Waals surface area (Å²) in [6.45, 7) is 4.43. The number of rotatable bonds is 14. The van der Waals surface area contributed by atoms with Crippen LogP contribution in [0.3, 0.4) is 0 Å². The molecular weight excluding hydrogens is 439 g/mol. The molecule has 0 radical (unpaired) electrons. The molecule has 1 aliphatic rings. The van der Waals surface area contributed by atoms with Gasteiger partial charge in [0.15, 0.2) is 5.82 Å². The molecule has 1 aromatic carbocycles. The molecule has 1 fully saturated rings. The second-order valence-corrected chi connectivity index (χ2v) is 10.2. The quantitative estimate of drug-likeness (QED) is 0.200. The summed E-state index contributed by atoms with van der Waals surface area (Å²) in [5, 5.41) is 0. The fraction of sp³-hybridized carbons (Fsp3) is 0.633. The zero-order chi connectivity index (χ0) is 24.9. The van der Waals surface area contributed by atoms with Crippen molar-refractivity contribution in [3.63, 3.8) is 0 Å². The maximum absolute atomic E-state index is 14.8. The summed E-state index contributed by atoms with van der Waals surface area (Å²) in [7, 11) is 0. The Bertz CT molecular complexity index is 892. The molecule has 4 nitrogen and oxygen atoms in total. The lowest BCUT2D eigenvalue weighted by Crippen LogP contribution is -2.25. The third-order valence-electron chi connectivity index (χ3n) is 7.25. The molecule has 0 aliphatic heterocycles. The van der Waals surface area contributed by atoms with Gasteiger partial charge < -0.3 is 4.74 Å². The Kier molecular flexibility index (Phi) is 11.7. The number of ether oxygens (including phenoxy) is 1. The third kappa shape index (κ3) is 9.01. The molecule has 1 aromatic heterocycles. The molecule has 5 heteroatoms. The highest BCUT2D eigenvalue weighted by Gasteiger charge is 2.25. The van der Waals surface area contributed by atoms with E-state index >= 15 is 0 Å². The summed E-state index contributed by atoms with van der Waals surface area (Å²) in [5.74, 6) is 0.0532. The molecule has 0 saturated heterocycles. The number of hydrogen-bond acceptors (Lipinski definition) is 4. The molecule has 0 bridgehead atoms. The second kappa shape index (κ2) is 15.0. The average Bonchev–Trinajstić information content (AvgIpc) is 2.87. The Hall–Kier alpha value is -2.30. The zero-order valence-electron chi connectivity index (χ0n) is 21.7. The Morgan fingerprint density at radius 1 is 0.914 bits per heavy atom. The van der Waals surface area contributed by atoms with E-state index in [9.17, 15) is 9.18 Å². The fourth-order valence-corrected chi connectivity index (χ4v) is 5.00. The van der Waals surface area contributed by atoms with Gasteiger partial charge in [-0.25, -0.2) is 19.2 Å². The van der Waals surface area contributed by atoms with Crippen molar-refractivity contribution in [1.82, 2.24) is 9.97 Å². The van der Waals surface area contributed by atoms with E-state index in [1.165, 1.54) is 69.9 Å². The predicted molar refractivity (Wildman–Crippen MR) is 140 cm³/mol. The van der Waals surface area contributed by atoms with Gasteiger partial charge in [-0.15, -0.1) is 0 Å². The van der Waals surface area contributed by atoms with E-state index in [4.69, 9.17) is 4.74 Å². The van der Waals surface area contributed by atoms with Crippen LogP contribution in [0, 0.1) is 11.7 Å². The minimum Gasteiger partial charge on any atom is -0.459 e. The van der Waals surface area contributed by atoms with Crippen LogP contribution in [0.4, 0.5) is 4.39 Å². The highest BCUT2D eigenvalue weighted by Crippen LogP contribution is 2.31. The Balaban J connectivity index is 1.44. The molecule has 2 aromatic rings. The normalized spacial score (nSPS) is 17.9. The van der Waals surface area contributed by atoms with E-state index < -0.39 is 11.8 Å². The number of aromatic nitrogens is 2. The number of aryl methyl sites for hydroxylation is 1. The molecule has 3 rings (SSSR count). The van der Waals surface area contributed by atoms with Gasteiger partial charge in [-0.3, -0.25) is 0 Å². The Morgan fingerprint density at radius 3 is 2.26 bits per heavy atom. The number of esters is 1. The summed E-state index contributed by atoms with van der Waals surface area (Å²) in [5.41, 5.74) is 1.64. The molecule has 0 N–H and O–H groups in total. The van der Waals surface area contributed by atoms with Gasteiger partial charge in [-0.05, 0) is 62.1 Å².